The van der Waals surface area contributed by atoms with E-state index in [4.69, 9.17) is 10.5 Å². The van der Waals surface area contributed by atoms with Crippen LogP contribution in [0, 0.1) is 5.82 Å². The Morgan fingerprint density at radius 1 is 0.917 bits per heavy atom. The fourth-order valence-corrected chi connectivity index (χ4v) is 5.36. The molecule has 0 radical (unpaired) electrons. The van der Waals surface area contributed by atoms with E-state index in [0.29, 0.717) is 37.7 Å². The second-order valence-electron chi connectivity index (χ2n) is 9.82. The van der Waals surface area contributed by atoms with Gasteiger partial charge in [0.05, 0.1) is 23.3 Å². The molecule has 2 aromatic rings. The molecule has 2 N–H and O–H groups in total. The van der Waals surface area contributed by atoms with Crippen molar-refractivity contribution in [2.24, 2.45) is 5.73 Å². The molecule has 1 aliphatic heterocycles. The fraction of sp³-hybridized carbons (Fsp3) is 0.538. The lowest BCUT2D eigenvalue weighted by atomic mass is 9.86. The van der Waals surface area contributed by atoms with Crippen LogP contribution < -0.4 is 5.73 Å². The molecule has 1 saturated heterocycles. The molecular weight excluding hydrogens is 489 g/mol. The van der Waals surface area contributed by atoms with Crippen LogP contribution >= 0.6 is 0 Å². The molecule has 1 unspecified atom stereocenters. The number of halogens is 7. The first kappa shape index (κ1) is 26.9. The normalized spacial score (nSPS) is 26.8. The van der Waals surface area contributed by atoms with E-state index in [2.05, 4.69) is 4.90 Å². The van der Waals surface area contributed by atoms with Crippen LogP contribution in [0.25, 0.3) is 0 Å². The van der Waals surface area contributed by atoms with E-state index in [1.165, 1.54) is 19.1 Å². The largest absolute Gasteiger partial charge is 0.416 e. The van der Waals surface area contributed by atoms with Gasteiger partial charge in [0.25, 0.3) is 0 Å². The maximum Gasteiger partial charge on any atom is 0.416 e. The molecule has 0 amide bonds. The lowest BCUT2D eigenvalue weighted by Gasteiger charge is -2.42. The molecule has 1 heterocycles. The second-order valence-corrected chi connectivity index (χ2v) is 9.82. The Morgan fingerprint density at radius 2 is 1.53 bits per heavy atom. The molecule has 1 aliphatic carbocycles. The Morgan fingerprint density at radius 3 is 2.06 bits per heavy atom. The van der Waals surface area contributed by atoms with Crippen LogP contribution in [0.1, 0.15) is 66.9 Å². The van der Waals surface area contributed by atoms with Gasteiger partial charge in [-0.15, -0.1) is 0 Å². The summed E-state index contributed by atoms with van der Waals surface area (Å²) >= 11 is 0. The highest BCUT2D eigenvalue weighted by molar-refractivity contribution is 5.35. The van der Waals surface area contributed by atoms with Gasteiger partial charge in [0, 0.05) is 31.1 Å². The van der Waals surface area contributed by atoms with Gasteiger partial charge in [-0.1, -0.05) is 12.1 Å². The Labute approximate surface area is 205 Å². The summed E-state index contributed by atoms with van der Waals surface area (Å²) in [7, 11) is 0. The monoisotopic (exact) mass is 518 g/mol. The van der Waals surface area contributed by atoms with Crippen molar-refractivity contribution < 1.29 is 35.5 Å². The highest BCUT2D eigenvalue weighted by Crippen LogP contribution is 2.40. The topological polar surface area (TPSA) is 38.5 Å². The minimum Gasteiger partial charge on any atom is -0.370 e. The van der Waals surface area contributed by atoms with Crippen molar-refractivity contribution in [3.8, 4) is 0 Å². The van der Waals surface area contributed by atoms with Gasteiger partial charge in [0.2, 0.25) is 0 Å². The number of alkyl halides is 6. The van der Waals surface area contributed by atoms with Crippen LogP contribution in [0.5, 0.6) is 0 Å². The molecule has 2 aromatic carbocycles. The minimum atomic E-state index is -4.93. The first-order valence-electron chi connectivity index (χ1n) is 12.0. The van der Waals surface area contributed by atoms with Crippen molar-refractivity contribution in [3.63, 3.8) is 0 Å². The van der Waals surface area contributed by atoms with Gasteiger partial charge in [0.1, 0.15) is 5.82 Å². The third-order valence-electron chi connectivity index (χ3n) is 7.30. The molecule has 4 rings (SSSR count). The summed E-state index contributed by atoms with van der Waals surface area (Å²) in [5, 5.41) is 0. The Kier molecular flexibility index (Phi) is 7.69. The van der Waals surface area contributed by atoms with Gasteiger partial charge in [-0.2, -0.15) is 26.3 Å². The summed E-state index contributed by atoms with van der Waals surface area (Å²) in [6.45, 7) is 2.71. The van der Waals surface area contributed by atoms with Gasteiger partial charge in [-0.05, 0) is 74.1 Å². The van der Waals surface area contributed by atoms with E-state index in [9.17, 15) is 30.7 Å². The number of benzene rings is 2. The summed E-state index contributed by atoms with van der Waals surface area (Å²) in [4.78, 5) is 2.32. The van der Waals surface area contributed by atoms with Crippen LogP contribution in [0.15, 0.2) is 42.5 Å². The van der Waals surface area contributed by atoms with E-state index in [0.717, 1.165) is 24.8 Å². The van der Waals surface area contributed by atoms with Crippen LogP contribution in [0.2, 0.25) is 0 Å². The standard InChI is InChI=1S/C26H29F7N2O/c1-15(17-10-18(25(28,29)30)12-19(11-17)26(31,32)33)36-24-8-9-35(22-7-6-21(34)13-22)14-23(24)16-2-4-20(27)5-3-16/h2-5,10-12,15,21-24H,6-9,13-14,34H2,1H3/t15-,21-,22?,23-,24+/m1/s1. The summed E-state index contributed by atoms with van der Waals surface area (Å²) < 4.78 is 99.8. The van der Waals surface area contributed by atoms with Gasteiger partial charge < -0.3 is 10.5 Å². The molecule has 0 bridgehead atoms. The van der Waals surface area contributed by atoms with Crippen LogP contribution in [0.4, 0.5) is 30.7 Å². The maximum atomic E-state index is 13.6. The van der Waals surface area contributed by atoms with E-state index in [1.54, 1.807) is 12.1 Å². The lowest BCUT2D eigenvalue weighted by Crippen LogP contribution is -2.47. The zero-order valence-corrected chi connectivity index (χ0v) is 19.7. The molecule has 3 nitrogen and oxygen atoms in total. The lowest BCUT2D eigenvalue weighted by molar-refractivity contribution is -0.143. The summed E-state index contributed by atoms with van der Waals surface area (Å²) in [5.41, 5.74) is 3.95. The van der Waals surface area contributed by atoms with Crippen molar-refractivity contribution in [2.75, 3.05) is 13.1 Å². The predicted octanol–water partition coefficient (Wildman–Crippen LogP) is 6.68. The third kappa shape index (κ3) is 6.20. The van der Waals surface area contributed by atoms with Crippen LogP contribution in [-0.4, -0.2) is 36.2 Å². The van der Waals surface area contributed by atoms with Crippen molar-refractivity contribution in [1.82, 2.24) is 4.90 Å². The molecule has 10 heteroatoms. The Balaban J connectivity index is 1.59. The number of nitrogens with zero attached hydrogens (tertiary/aromatic N) is 1. The first-order chi connectivity index (χ1) is 16.8. The average Bonchev–Trinajstić information content (AvgIpc) is 3.24. The number of hydrogen-bond acceptors (Lipinski definition) is 3. The van der Waals surface area contributed by atoms with Crippen LogP contribution in [0.3, 0.4) is 0 Å². The van der Waals surface area contributed by atoms with E-state index in [1.807, 2.05) is 0 Å². The minimum absolute atomic E-state index is 0.113. The van der Waals surface area contributed by atoms with Gasteiger partial charge in [0.15, 0.2) is 0 Å². The Bertz CT molecular complexity index is 1010. The first-order valence-corrected chi connectivity index (χ1v) is 12.0. The zero-order valence-electron chi connectivity index (χ0n) is 19.7. The Hall–Kier alpha value is -2.17. The van der Waals surface area contributed by atoms with Gasteiger partial charge in [-0.25, -0.2) is 4.39 Å². The molecule has 0 aromatic heterocycles. The average molecular weight is 519 g/mol. The summed E-state index contributed by atoms with van der Waals surface area (Å²) in [6, 6.07) is 7.95. The van der Waals surface area contributed by atoms with E-state index in [-0.39, 0.29) is 23.6 Å². The highest BCUT2D eigenvalue weighted by atomic mass is 19.4. The van der Waals surface area contributed by atoms with Crippen molar-refractivity contribution in [3.05, 3.63) is 70.5 Å². The van der Waals surface area contributed by atoms with Crippen molar-refractivity contribution in [2.45, 2.75) is 75.2 Å². The number of nitrogens with two attached hydrogens (primary N) is 1. The molecule has 2 aliphatic rings. The SMILES string of the molecule is C[C@@H](O[C@H]1CCN(C2CC[C@@H](N)C2)C[C@@H]1c1ccc(F)cc1)c1cc(C(F)(F)F)cc(C(F)(F)F)c1. The maximum absolute atomic E-state index is 13.6. The number of hydrogen-bond donors (Lipinski definition) is 1. The van der Waals surface area contributed by atoms with E-state index >= 15 is 0 Å². The molecule has 1 saturated carbocycles. The van der Waals surface area contributed by atoms with Crippen molar-refractivity contribution >= 4 is 0 Å². The van der Waals surface area contributed by atoms with E-state index < -0.39 is 41.5 Å². The van der Waals surface area contributed by atoms with Gasteiger partial charge >= 0.3 is 12.4 Å². The number of rotatable bonds is 5. The molecule has 198 valence electrons. The second kappa shape index (κ2) is 10.3. The third-order valence-corrected chi connectivity index (χ3v) is 7.30. The zero-order chi connectivity index (χ0) is 26.3. The quantitative estimate of drug-likeness (QED) is 0.449. The molecular formula is C26H29F7N2O. The predicted molar refractivity (Wildman–Crippen MR) is 121 cm³/mol. The van der Waals surface area contributed by atoms with Gasteiger partial charge in [-0.3, -0.25) is 4.90 Å². The summed E-state index contributed by atoms with van der Waals surface area (Å²) in [5.74, 6) is -0.630. The highest BCUT2D eigenvalue weighted by Gasteiger charge is 2.39. The molecule has 0 spiro atoms. The number of likely N-dealkylation sites (tertiary alicyclic amines) is 1. The van der Waals surface area contributed by atoms with Crippen molar-refractivity contribution in [1.29, 1.82) is 0 Å². The number of ether oxygens (including phenoxy) is 1. The van der Waals surface area contributed by atoms with Crippen LogP contribution in [-0.2, 0) is 17.1 Å². The molecule has 36 heavy (non-hydrogen) atoms. The molecule has 5 atom stereocenters. The fourth-order valence-electron chi connectivity index (χ4n) is 5.36. The molecule has 2 fully saturated rings. The smallest absolute Gasteiger partial charge is 0.370 e. The summed E-state index contributed by atoms with van der Waals surface area (Å²) in [6.07, 6.45) is -8.07. The number of piperidine rings is 1.